The van der Waals surface area contributed by atoms with Gasteiger partial charge < -0.3 is 30.2 Å². The van der Waals surface area contributed by atoms with Crippen molar-refractivity contribution < 1.29 is 31.6 Å². The Morgan fingerprint density at radius 2 is 2.00 bits per heavy atom. The molecule has 0 saturated heterocycles. The molecule has 0 bridgehead atoms. The molecule has 0 aliphatic carbocycles. The minimum atomic E-state index is -2.90. The van der Waals surface area contributed by atoms with E-state index in [9.17, 15) is 9.18 Å². The number of halogens is 1. The number of carbonyl (C=O) groups is 1. The largest absolute Gasteiger partial charge is 0.493 e. The first kappa shape index (κ1) is 15.6. The molecule has 3 heterocycles. The van der Waals surface area contributed by atoms with E-state index in [2.05, 4.69) is 30.9 Å². The van der Waals surface area contributed by atoms with Crippen molar-refractivity contribution in [3.8, 4) is 17.2 Å². The molecule has 11 heteroatoms. The smallest absolute Gasteiger partial charge is 0.269 e. The molecule has 0 fully saturated rings. The van der Waals surface area contributed by atoms with Gasteiger partial charge in [0.25, 0.3) is 5.91 Å². The predicted molar refractivity (Wildman–Crippen MR) is 120 cm³/mol. The Labute approximate surface area is 198 Å². The molecule has 2 aromatic heterocycles. The number of hydrogen-bond donors (Lipinski definition) is 3. The lowest BCUT2D eigenvalue weighted by atomic mass is 10.1. The van der Waals surface area contributed by atoms with E-state index in [1.807, 2.05) is 0 Å². The number of aromatic nitrogens is 3. The molecule has 0 saturated carbocycles. The van der Waals surface area contributed by atoms with Crippen LogP contribution in [0.5, 0.6) is 17.2 Å². The number of amides is 1. The summed E-state index contributed by atoms with van der Waals surface area (Å²) in [6.45, 7) is 4.70. The lowest BCUT2D eigenvalue weighted by Crippen LogP contribution is -2.46. The van der Waals surface area contributed by atoms with Crippen LogP contribution in [-0.2, 0) is 4.79 Å². The van der Waals surface area contributed by atoms with Crippen molar-refractivity contribution in [2.75, 3.05) is 30.0 Å². The second kappa shape index (κ2) is 8.41. The fourth-order valence-electron chi connectivity index (χ4n) is 3.05. The number of benzene rings is 1. The Morgan fingerprint density at radius 1 is 1.18 bits per heavy atom. The van der Waals surface area contributed by atoms with Crippen LogP contribution < -0.4 is 30.2 Å². The van der Waals surface area contributed by atoms with Gasteiger partial charge in [-0.25, -0.2) is 14.4 Å². The fourth-order valence-corrected chi connectivity index (χ4v) is 3.05. The van der Waals surface area contributed by atoms with E-state index in [-0.39, 0.29) is 46.2 Å². The average molecular weight is 460 g/mol. The summed E-state index contributed by atoms with van der Waals surface area (Å²) < 4.78 is 74.3. The Hall–Kier alpha value is -4.15. The van der Waals surface area contributed by atoms with Crippen molar-refractivity contribution in [3.05, 3.63) is 41.8 Å². The van der Waals surface area contributed by atoms with Crippen molar-refractivity contribution in [3.63, 3.8) is 0 Å². The summed E-state index contributed by atoms with van der Waals surface area (Å²) in [5.41, 5.74) is -0.634. The van der Waals surface area contributed by atoms with E-state index >= 15 is 0 Å². The molecule has 0 spiro atoms. The first-order valence-electron chi connectivity index (χ1n) is 12.6. The number of pyridine rings is 1. The highest BCUT2D eigenvalue weighted by molar-refractivity contribution is 5.99. The maximum atomic E-state index is 14.5. The van der Waals surface area contributed by atoms with Gasteiger partial charge in [-0.3, -0.25) is 4.79 Å². The highest BCUT2D eigenvalue weighted by Crippen LogP contribution is 2.35. The zero-order chi connectivity index (χ0) is 28.8. The van der Waals surface area contributed by atoms with Gasteiger partial charge in [-0.15, -0.1) is 0 Å². The van der Waals surface area contributed by atoms with Crippen molar-refractivity contribution in [1.29, 1.82) is 0 Å². The molecule has 1 amide bonds. The fraction of sp³-hybridized carbons (Fsp3) is 0.273. The molecule has 0 radical (unpaired) electrons. The minimum Gasteiger partial charge on any atom is -0.493 e. The van der Waals surface area contributed by atoms with E-state index in [1.54, 1.807) is 19.9 Å². The second-order valence-corrected chi connectivity index (χ2v) is 7.57. The Morgan fingerprint density at radius 3 is 2.79 bits per heavy atom. The van der Waals surface area contributed by atoms with Crippen molar-refractivity contribution in [1.82, 2.24) is 15.0 Å². The summed E-state index contributed by atoms with van der Waals surface area (Å²) in [6, 6.07) is 5.70. The number of hydrogen-bond acceptors (Lipinski definition) is 9. The predicted octanol–water partition coefficient (Wildman–Crippen LogP) is 3.93. The van der Waals surface area contributed by atoms with Crippen LogP contribution in [0.1, 0.15) is 27.6 Å². The van der Waals surface area contributed by atoms with Crippen LogP contribution >= 0.6 is 0 Å². The molecule has 3 aromatic rings. The molecule has 172 valence electrons. The standard InChI is InChI=1S/C22H23FN6O4/c1-11-8-12(9-15(31-4)17(11)32-5)25-21-24-10-13(23)18(29-21)26-16-7-6-14-19(27-16)28-20(30)22(2,3)33-14/h6-10H,1-5H3,(H3,24,25,26,27,28,29,30)/i4D3,5D3. The highest BCUT2D eigenvalue weighted by atomic mass is 19.1. The van der Waals surface area contributed by atoms with Gasteiger partial charge in [0, 0.05) is 11.8 Å². The SMILES string of the molecule is [2H]C([2H])([2H])Oc1cc(Nc2ncc(F)c(Nc3ccc4c(n3)NC(=O)C(C)(C)O4)n2)cc(C)c1OC([2H])([2H])[2H]. The molecule has 4 rings (SSSR count). The van der Waals surface area contributed by atoms with Crippen molar-refractivity contribution in [2.24, 2.45) is 0 Å². The molecule has 10 nitrogen and oxygen atoms in total. The number of carbonyl (C=O) groups excluding carboxylic acids is 1. The van der Waals surface area contributed by atoms with Crippen molar-refractivity contribution >= 4 is 35.0 Å². The monoisotopic (exact) mass is 460 g/mol. The first-order chi connectivity index (χ1) is 18.0. The van der Waals surface area contributed by atoms with E-state index in [4.69, 9.17) is 22.4 Å². The van der Waals surface area contributed by atoms with Gasteiger partial charge in [-0.1, -0.05) is 0 Å². The summed E-state index contributed by atoms with van der Waals surface area (Å²) >= 11 is 0. The zero-order valence-corrected chi connectivity index (χ0v) is 17.7. The van der Waals surface area contributed by atoms with Crippen molar-refractivity contribution in [2.45, 2.75) is 26.4 Å². The molecule has 3 N–H and O–H groups in total. The topological polar surface area (TPSA) is 120 Å². The van der Waals surface area contributed by atoms with E-state index in [0.717, 1.165) is 6.20 Å². The molecule has 1 aliphatic heterocycles. The average Bonchev–Trinajstić information content (AvgIpc) is 2.78. The van der Waals surface area contributed by atoms with Crippen LogP contribution in [0.15, 0.2) is 30.5 Å². The summed E-state index contributed by atoms with van der Waals surface area (Å²) in [5.74, 6) is -1.58. The first-order valence-corrected chi connectivity index (χ1v) is 9.60. The summed E-state index contributed by atoms with van der Waals surface area (Å²) in [4.78, 5) is 24.4. The number of nitrogens with one attached hydrogen (secondary N) is 3. The molecule has 33 heavy (non-hydrogen) atoms. The van der Waals surface area contributed by atoms with E-state index in [1.165, 1.54) is 25.1 Å². The van der Waals surface area contributed by atoms with Gasteiger partial charge in [0.2, 0.25) is 5.95 Å². The Bertz CT molecular complexity index is 1430. The molecular formula is C22H23FN6O4. The van der Waals surface area contributed by atoms with Crippen LogP contribution in [-0.4, -0.2) is 40.5 Å². The number of anilines is 5. The van der Waals surface area contributed by atoms with Crippen LogP contribution in [0.4, 0.5) is 33.5 Å². The van der Waals surface area contributed by atoms with E-state index < -0.39 is 31.4 Å². The lowest BCUT2D eigenvalue weighted by Gasteiger charge is -2.30. The number of rotatable bonds is 6. The van der Waals surface area contributed by atoms with Gasteiger partial charge in [0.15, 0.2) is 40.3 Å². The van der Waals surface area contributed by atoms with Gasteiger partial charge in [-0.2, -0.15) is 4.98 Å². The third-order valence-corrected chi connectivity index (χ3v) is 4.70. The van der Waals surface area contributed by atoms with Gasteiger partial charge >= 0.3 is 0 Å². The maximum Gasteiger partial charge on any atom is 0.269 e. The Balaban J connectivity index is 1.60. The lowest BCUT2D eigenvalue weighted by molar-refractivity contribution is -0.129. The Kier molecular flexibility index (Phi) is 3.98. The number of fused-ring (bicyclic) bond motifs is 1. The third kappa shape index (κ3) is 4.43. The second-order valence-electron chi connectivity index (χ2n) is 7.57. The highest BCUT2D eigenvalue weighted by Gasteiger charge is 2.36. The van der Waals surface area contributed by atoms with Crippen LogP contribution in [0.25, 0.3) is 0 Å². The number of ether oxygens (including phenoxy) is 3. The minimum absolute atomic E-state index is 0.0982. The molecular weight excluding hydrogens is 431 g/mol. The van der Waals surface area contributed by atoms with E-state index in [0.29, 0.717) is 5.75 Å². The number of methoxy groups -OCH3 is 2. The molecule has 1 aromatic carbocycles. The normalized spacial score (nSPS) is 17.4. The van der Waals surface area contributed by atoms with Crippen LogP contribution in [0.3, 0.4) is 0 Å². The zero-order valence-electron chi connectivity index (χ0n) is 23.7. The van der Waals surface area contributed by atoms with Crippen LogP contribution in [0.2, 0.25) is 0 Å². The number of nitrogens with zero attached hydrogens (tertiary/aromatic N) is 3. The van der Waals surface area contributed by atoms with Gasteiger partial charge in [0.05, 0.1) is 28.5 Å². The molecule has 0 unspecified atom stereocenters. The summed E-state index contributed by atoms with van der Waals surface area (Å²) in [6.07, 6.45) is 0.891. The summed E-state index contributed by atoms with van der Waals surface area (Å²) in [5, 5.41) is 8.13. The maximum absolute atomic E-state index is 14.5. The molecule has 0 atom stereocenters. The van der Waals surface area contributed by atoms with Gasteiger partial charge in [0.1, 0.15) is 5.82 Å². The quantitative estimate of drug-likeness (QED) is 0.502. The number of aryl methyl sites for hydroxylation is 1. The van der Waals surface area contributed by atoms with Crippen LogP contribution in [0, 0.1) is 12.7 Å². The summed E-state index contributed by atoms with van der Waals surface area (Å²) in [7, 11) is -5.76. The molecule has 1 aliphatic rings. The third-order valence-electron chi connectivity index (χ3n) is 4.70. The van der Waals surface area contributed by atoms with Gasteiger partial charge in [-0.05, 0) is 44.5 Å².